The van der Waals surface area contributed by atoms with Gasteiger partial charge in [-0.3, -0.25) is 0 Å². The number of rotatable bonds is 2. The maximum atomic E-state index is 5.73. The molecule has 4 rings (SSSR count). The van der Waals surface area contributed by atoms with Gasteiger partial charge in [0.05, 0.1) is 5.56 Å². The molecular formula is C22H22N2O+2. The number of hydrogen-bond donors (Lipinski definition) is 0. The largest absolute Gasteiger partial charge is 0.406 e. The second-order valence-corrected chi connectivity index (χ2v) is 6.69. The van der Waals surface area contributed by atoms with Gasteiger partial charge in [-0.05, 0) is 36.9 Å². The average Bonchev–Trinajstić information content (AvgIpc) is 3.02. The van der Waals surface area contributed by atoms with Crippen LogP contribution in [0.15, 0.2) is 65.5 Å². The van der Waals surface area contributed by atoms with E-state index in [4.69, 9.17) is 4.42 Å². The second kappa shape index (κ2) is 5.85. The summed E-state index contributed by atoms with van der Waals surface area (Å²) in [6.45, 7) is 6.45. The summed E-state index contributed by atoms with van der Waals surface area (Å²) in [5.74, 6) is 0.876. The fraction of sp³-hybridized carbons (Fsp3) is 0.182. The lowest BCUT2D eigenvalue weighted by Crippen LogP contribution is -2.35. The van der Waals surface area contributed by atoms with Gasteiger partial charge in [-0.2, -0.15) is 9.13 Å². The Morgan fingerprint density at radius 1 is 0.920 bits per heavy atom. The van der Waals surface area contributed by atoms with Crippen molar-refractivity contribution >= 4 is 10.8 Å². The van der Waals surface area contributed by atoms with Crippen molar-refractivity contribution in [3.05, 3.63) is 77.9 Å². The van der Waals surface area contributed by atoms with Crippen LogP contribution in [0.5, 0.6) is 0 Å². The van der Waals surface area contributed by atoms with Crippen LogP contribution in [0.1, 0.15) is 16.8 Å². The molecule has 0 fully saturated rings. The van der Waals surface area contributed by atoms with Crippen molar-refractivity contribution in [3.8, 4) is 17.1 Å². The zero-order chi connectivity index (χ0) is 17.6. The summed E-state index contributed by atoms with van der Waals surface area (Å²) in [6.07, 6.45) is 5.88. The number of aromatic nitrogens is 2. The van der Waals surface area contributed by atoms with Crippen LogP contribution in [0.4, 0.5) is 0 Å². The predicted molar refractivity (Wildman–Crippen MR) is 98.6 cm³/mol. The molecule has 3 heteroatoms. The summed E-state index contributed by atoms with van der Waals surface area (Å²) in [4.78, 5) is 0. The third-order valence-corrected chi connectivity index (χ3v) is 4.81. The van der Waals surface area contributed by atoms with E-state index < -0.39 is 0 Å². The fourth-order valence-electron chi connectivity index (χ4n) is 3.46. The third-order valence-electron chi connectivity index (χ3n) is 4.81. The van der Waals surface area contributed by atoms with Crippen molar-refractivity contribution < 1.29 is 13.6 Å². The van der Waals surface area contributed by atoms with Gasteiger partial charge < -0.3 is 4.42 Å². The minimum Gasteiger partial charge on any atom is -0.406 e. The Morgan fingerprint density at radius 3 is 2.40 bits per heavy atom. The maximum Gasteiger partial charge on any atom is 0.380 e. The molecule has 25 heavy (non-hydrogen) atoms. The molecule has 0 bridgehead atoms. The van der Waals surface area contributed by atoms with Gasteiger partial charge in [0.2, 0.25) is 11.9 Å². The van der Waals surface area contributed by atoms with E-state index in [0.29, 0.717) is 0 Å². The normalized spacial score (nSPS) is 11.2. The van der Waals surface area contributed by atoms with Gasteiger partial charge in [-0.25, -0.2) is 0 Å². The van der Waals surface area contributed by atoms with Crippen molar-refractivity contribution in [1.29, 1.82) is 0 Å². The zero-order valence-electron chi connectivity index (χ0n) is 15.1. The Kier molecular flexibility index (Phi) is 3.65. The predicted octanol–water partition coefficient (Wildman–Crippen LogP) is 4.13. The lowest BCUT2D eigenvalue weighted by molar-refractivity contribution is -0.662. The molecule has 0 unspecified atom stereocenters. The van der Waals surface area contributed by atoms with E-state index in [9.17, 15) is 0 Å². The van der Waals surface area contributed by atoms with Crippen LogP contribution < -0.4 is 9.13 Å². The van der Waals surface area contributed by atoms with E-state index in [1.54, 1.807) is 6.26 Å². The molecule has 0 N–H and O–H groups in total. The van der Waals surface area contributed by atoms with Gasteiger partial charge in [0.15, 0.2) is 18.2 Å². The molecule has 0 saturated carbocycles. The number of nitrogens with zero attached hydrogens (tertiary/aromatic N) is 2. The zero-order valence-corrected chi connectivity index (χ0v) is 15.1. The van der Waals surface area contributed by atoms with Crippen LogP contribution >= 0.6 is 0 Å². The summed E-state index contributed by atoms with van der Waals surface area (Å²) in [6, 6.07) is 15.1. The first-order chi connectivity index (χ1) is 12.0. The number of oxazole rings is 1. The fourth-order valence-corrected chi connectivity index (χ4v) is 3.46. The average molecular weight is 330 g/mol. The topological polar surface area (TPSA) is 20.9 Å². The van der Waals surface area contributed by atoms with E-state index in [1.807, 2.05) is 17.8 Å². The van der Waals surface area contributed by atoms with Gasteiger partial charge in [0, 0.05) is 30.0 Å². The SMILES string of the molecule is Cc1cc(-c2occ[n+]2C)c(C)c(-[n+]2cc3ccccc3cc2C)c1. The molecular weight excluding hydrogens is 308 g/mol. The van der Waals surface area contributed by atoms with E-state index in [1.165, 1.54) is 33.3 Å². The summed E-state index contributed by atoms with van der Waals surface area (Å²) in [5.41, 5.74) is 5.95. The standard InChI is InChI=1S/C22H22N2O/c1-15-11-20(22-23(4)9-10-25-22)17(3)21(12-15)24-14-19-8-6-5-7-18(19)13-16(24)2/h5-14H,1-4H3/q+2. The quantitative estimate of drug-likeness (QED) is 0.506. The number of pyridine rings is 1. The van der Waals surface area contributed by atoms with Gasteiger partial charge >= 0.3 is 5.89 Å². The summed E-state index contributed by atoms with van der Waals surface area (Å²) in [5, 5.41) is 2.50. The first kappa shape index (κ1) is 15.6. The molecule has 3 nitrogen and oxygen atoms in total. The molecule has 0 atom stereocenters. The Hall–Kier alpha value is -2.94. The van der Waals surface area contributed by atoms with Crippen LogP contribution in [0.3, 0.4) is 0 Å². The maximum absolute atomic E-state index is 5.73. The first-order valence-corrected chi connectivity index (χ1v) is 8.51. The van der Waals surface area contributed by atoms with Crippen molar-refractivity contribution in [2.45, 2.75) is 20.8 Å². The molecule has 0 spiro atoms. The third kappa shape index (κ3) is 2.62. The number of aryl methyl sites for hydroxylation is 3. The summed E-state index contributed by atoms with van der Waals surface area (Å²) < 4.78 is 10.0. The van der Waals surface area contributed by atoms with Crippen LogP contribution in [0.2, 0.25) is 0 Å². The first-order valence-electron chi connectivity index (χ1n) is 8.51. The highest BCUT2D eigenvalue weighted by Gasteiger charge is 2.24. The van der Waals surface area contributed by atoms with Crippen LogP contribution in [-0.4, -0.2) is 0 Å². The Labute approximate surface area is 147 Å². The number of fused-ring (bicyclic) bond motifs is 1. The smallest absolute Gasteiger partial charge is 0.380 e. The van der Waals surface area contributed by atoms with Gasteiger partial charge in [-0.1, -0.05) is 18.2 Å². The molecule has 0 radical (unpaired) electrons. The molecule has 124 valence electrons. The molecule has 0 aliphatic heterocycles. The van der Waals surface area contributed by atoms with E-state index in [0.717, 1.165) is 11.5 Å². The summed E-state index contributed by atoms with van der Waals surface area (Å²) in [7, 11) is 2.01. The van der Waals surface area contributed by atoms with Crippen molar-refractivity contribution in [2.24, 2.45) is 7.05 Å². The van der Waals surface area contributed by atoms with E-state index in [-0.39, 0.29) is 0 Å². The number of benzene rings is 2. The Balaban J connectivity index is 1.99. The molecule has 2 aromatic heterocycles. The lowest BCUT2D eigenvalue weighted by Gasteiger charge is -2.08. The minimum atomic E-state index is 0.876. The molecule has 2 heterocycles. The number of hydrogen-bond acceptors (Lipinski definition) is 1. The van der Waals surface area contributed by atoms with Crippen LogP contribution in [0, 0.1) is 20.8 Å². The molecule has 0 saturated heterocycles. The Morgan fingerprint density at radius 2 is 1.68 bits per heavy atom. The van der Waals surface area contributed by atoms with Gasteiger partial charge in [0.25, 0.3) is 0 Å². The van der Waals surface area contributed by atoms with Crippen LogP contribution in [0.25, 0.3) is 27.9 Å². The lowest BCUT2D eigenvalue weighted by atomic mass is 10.0. The Bertz CT molecular complexity index is 1090. The monoisotopic (exact) mass is 330 g/mol. The van der Waals surface area contributed by atoms with Crippen molar-refractivity contribution in [3.63, 3.8) is 0 Å². The molecule has 0 amide bonds. The molecule has 0 aliphatic rings. The minimum absolute atomic E-state index is 0.876. The van der Waals surface area contributed by atoms with Gasteiger partial charge in [-0.15, -0.1) is 0 Å². The highest BCUT2D eigenvalue weighted by Crippen LogP contribution is 2.26. The molecule has 4 aromatic rings. The van der Waals surface area contributed by atoms with E-state index >= 15 is 0 Å². The van der Waals surface area contributed by atoms with E-state index in [2.05, 4.69) is 74.0 Å². The summed E-state index contributed by atoms with van der Waals surface area (Å²) >= 11 is 0. The molecule has 2 aromatic carbocycles. The van der Waals surface area contributed by atoms with Gasteiger partial charge in [0.1, 0.15) is 7.05 Å². The molecule has 0 aliphatic carbocycles. The highest BCUT2D eigenvalue weighted by atomic mass is 16.3. The second-order valence-electron chi connectivity index (χ2n) is 6.69. The van der Waals surface area contributed by atoms with Crippen LogP contribution in [-0.2, 0) is 7.05 Å². The van der Waals surface area contributed by atoms with Crippen molar-refractivity contribution in [2.75, 3.05) is 0 Å². The van der Waals surface area contributed by atoms with Crippen molar-refractivity contribution in [1.82, 2.24) is 0 Å². The highest BCUT2D eigenvalue weighted by molar-refractivity contribution is 5.81.